The van der Waals surface area contributed by atoms with Crippen molar-refractivity contribution in [2.75, 3.05) is 5.32 Å². The number of rotatable bonds is 4. The zero-order valence-electron chi connectivity index (χ0n) is 12.3. The molecule has 22 heavy (non-hydrogen) atoms. The van der Waals surface area contributed by atoms with Gasteiger partial charge in [-0.05, 0) is 48.7 Å². The molecule has 0 spiro atoms. The molecular weight excluding hydrogens is 285 g/mol. The predicted molar refractivity (Wildman–Crippen MR) is 81.6 cm³/mol. The number of amides is 1. The molecule has 5 heteroatoms. The van der Waals surface area contributed by atoms with Gasteiger partial charge in [-0.2, -0.15) is 0 Å². The van der Waals surface area contributed by atoms with Crippen LogP contribution in [0.4, 0.5) is 10.1 Å². The van der Waals surface area contributed by atoms with Gasteiger partial charge in [-0.25, -0.2) is 9.18 Å². The molecule has 0 aliphatic heterocycles. The molecule has 114 valence electrons. The number of carboxylic acid groups (broad SMARTS) is 1. The average molecular weight is 301 g/mol. The number of hydrogen-bond donors (Lipinski definition) is 2. The number of nitrogens with one attached hydrogen (secondary N) is 1. The highest BCUT2D eigenvalue weighted by atomic mass is 19.1. The van der Waals surface area contributed by atoms with Crippen molar-refractivity contribution in [1.82, 2.24) is 0 Å². The Hall–Kier alpha value is -2.69. The minimum Gasteiger partial charge on any atom is -0.478 e. The minimum atomic E-state index is -1.04. The van der Waals surface area contributed by atoms with Gasteiger partial charge in [0, 0.05) is 5.69 Å². The van der Waals surface area contributed by atoms with Gasteiger partial charge in [-0.1, -0.05) is 18.2 Å². The zero-order valence-corrected chi connectivity index (χ0v) is 12.3. The summed E-state index contributed by atoms with van der Waals surface area (Å²) in [5.74, 6) is -1.77. The Morgan fingerprint density at radius 1 is 1.14 bits per heavy atom. The predicted octanol–water partition coefficient (Wildman–Crippen LogP) is 3.32. The summed E-state index contributed by atoms with van der Waals surface area (Å²) in [6.07, 6.45) is 0.0213. The maximum atomic E-state index is 13.1. The van der Waals surface area contributed by atoms with Gasteiger partial charge in [0.1, 0.15) is 5.82 Å². The van der Waals surface area contributed by atoms with Crippen molar-refractivity contribution in [2.45, 2.75) is 20.3 Å². The van der Waals surface area contributed by atoms with Crippen LogP contribution in [0.15, 0.2) is 36.4 Å². The smallest absolute Gasteiger partial charge is 0.336 e. The van der Waals surface area contributed by atoms with Crippen molar-refractivity contribution < 1.29 is 19.1 Å². The second kappa shape index (κ2) is 6.39. The van der Waals surface area contributed by atoms with Crippen LogP contribution in [0.2, 0.25) is 0 Å². The molecule has 2 aromatic carbocycles. The van der Waals surface area contributed by atoms with E-state index in [1.807, 2.05) is 0 Å². The molecule has 0 aliphatic carbocycles. The first-order valence-electron chi connectivity index (χ1n) is 6.75. The van der Waals surface area contributed by atoms with Crippen LogP contribution in [0.1, 0.15) is 27.0 Å². The van der Waals surface area contributed by atoms with Gasteiger partial charge in [0.05, 0.1) is 12.0 Å². The Bertz CT molecular complexity index is 741. The molecule has 0 radical (unpaired) electrons. The molecule has 1 amide bonds. The molecular formula is C17H16FNO3. The van der Waals surface area contributed by atoms with Crippen molar-refractivity contribution in [2.24, 2.45) is 0 Å². The van der Waals surface area contributed by atoms with E-state index in [4.69, 9.17) is 5.11 Å². The normalized spacial score (nSPS) is 10.3. The maximum absolute atomic E-state index is 13.1. The molecule has 2 aromatic rings. The molecule has 0 saturated heterocycles. The number of hydrogen-bond acceptors (Lipinski definition) is 2. The largest absolute Gasteiger partial charge is 0.478 e. The molecule has 0 unspecified atom stereocenters. The fourth-order valence-electron chi connectivity index (χ4n) is 2.24. The summed E-state index contributed by atoms with van der Waals surface area (Å²) < 4.78 is 13.1. The van der Waals surface area contributed by atoms with Crippen molar-refractivity contribution >= 4 is 17.6 Å². The highest BCUT2D eigenvalue weighted by Gasteiger charge is 2.12. The number of carbonyl (C=O) groups is 2. The third-order valence-electron chi connectivity index (χ3n) is 3.33. The first-order chi connectivity index (χ1) is 10.4. The summed E-state index contributed by atoms with van der Waals surface area (Å²) in [7, 11) is 0. The number of carboxylic acids is 1. The molecule has 0 saturated carbocycles. The Morgan fingerprint density at radius 3 is 2.50 bits per heavy atom. The highest BCUT2D eigenvalue weighted by Crippen LogP contribution is 2.21. The molecule has 0 heterocycles. The van der Waals surface area contributed by atoms with E-state index in [9.17, 15) is 14.0 Å². The SMILES string of the molecule is Cc1cc(C)c(C(=O)O)cc1NC(=O)Cc1cccc(F)c1. The van der Waals surface area contributed by atoms with E-state index in [0.29, 0.717) is 16.8 Å². The van der Waals surface area contributed by atoms with Gasteiger partial charge in [0.15, 0.2) is 0 Å². The Labute approximate surface area is 127 Å². The summed E-state index contributed by atoms with van der Waals surface area (Å²) in [6, 6.07) is 8.96. The minimum absolute atomic E-state index is 0.0213. The van der Waals surface area contributed by atoms with Crippen LogP contribution < -0.4 is 5.32 Å². The topological polar surface area (TPSA) is 66.4 Å². The molecule has 0 atom stereocenters. The Balaban J connectivity index is 2.18. The standard InChI is InChI=1S/C17H16FNO3/c1-10-6-11(2)15(9-14(10)17(21)22)19-16(20)8-12-4-3-5-13(18)7-12/h3-7,9H,8H2,1-2H3,(H,19,20)(H,21,22). The summed E-state index contributed by atoms with van der Waals surface area (Å²) >= 11 is 0. The Morgan fingerprint density at radius 2 is 1.86 bits per heavy atom. The Kier molecular flexibility index (Phi) is 4.56. The number of anilines is 1. The van der Waals surface area contributed by atoms with Crippen molar-refractivity contribution in [3.8, 4) is 0 Å². The van der Waals surface area contributed by atoms with Gasteiger partial charge in [-0.15, -0.1) is 0 Å². The summed E-state index contributed by atoms with van der Waals surface area (Å²) in [4.78, 5) is 23.2. The fourth-order valence-corrected chi connectivity index (χ4v) is 2.24. The quantitative estimate of drug-likeness (QED) is 0.910. The van der Waals surface area contributed by atoms with Gasteiger partial charge >= 0.3 is 5.97 Å². The maximum Gasteiger partial charge on any atom is 0.336 e. The molecule has 2 rings (SSSR count). The lowest BCUT2D eigenvalue weighted by atomic mass is 10.0. The average Bonchev–Trinajstić information content (AvgIpc) is 2.41. The van der Waals surface area contributed by atoms with Crippen LogP contribution in [-0.2, 0) is 11.2 Å². The van der Waals surface area contributed by atoms with Crippen molar-refractivity contribution in [3.63, 3.8) is 0 Å². The zero-order chi connectivity index (χ0) is 16.3. The molecule has 2 N–H and O–H groups in total. The fraction of sp³-hybridized carbons (Fsp3) is 0.176. The van der Waals surface area contributed by atoms with Crippen LogP contribution >= 0.6 is 0 Å². The molecule has 0 aliphatic rings. The molecule has 0 bridgehead atoms. The van der Waals surface area contributed by atoms with Gasteiger partial charge < -0.3 is 10.4 Å². The number of benzene rings is 2. The van der Waals surface area contributed by atoms with E-state index < -0.39 is 11.8 Å². The molecule has 0 fully saturated rings. The number of halogens is 1. The van der Waals surface area contributed by atoms with E-state index in [0.717, 1.165) is 5.56 Å². The number of aryl methyl sites for hydroxylation is 2. The van der Waals surface area contributed by atoms with E-state index in [-0.39, 0.29) is 17.9 Å². The summed E-state index contributed by atoms with van der Waals surface area (Å²) in [6.45, 7) is 3.49. The first-order valence-corrected chi connectivity index (χ1v) is 6.75. The second-order valence-corrected chi connectivity index (χ2v) is 5.14. The third-order valence-corrected chi connectivity index (χ3v) is 3.33. The number of aromatic carboxylic acids is 1. The van der Waals surface area contributed by atoms with Crippen molar-refractivity contribution in [3.05, 3.63) is 64.5 Å². The van der Waals surface area contributed by atoms with E-state index in [1.54, 1.807) is 26.0 Å². The second-order valence-electron chi connectivity index (χ2n) is 5.14. The summed E-state index contributed by atoms with van der Waals surface area (Å²) in [5, 5.41) is 11.8. The lowest BCUT2D eigenvalue weighted by Crippen LogP contribution is -2.16. The van der Waals surface area contributed by atoms with E-state index in [1.165, 1.54) is 24.3 Å². The van der Waals surface area contributed by atoms with Crippen LogP contribution in [0.5, 0.6) is 0 Å². The third kappa shape index (κ3) is 3.69. The summed E-state index contributed by atoms with van der Waals surface area (Å²) in [5.41, 5.74) is 2.56. The number of carbonyl (C=O) groups excluding carboxylic acids is 1. The lowest BCUT2D eigenvalue weighted by molar-refractivity contribution is -0.115. The van der Waals surface area contributed by atoms with Gasteiger partial charge in [-0.3, -0.25) is 4.79 Å². The highest BCUT2D eigenvalue weighted by molar-refractivity contribution is 5.96. The van der Waals surface area contributed by atoms with Crippen molar-refractivity contribution in [1.29, 1.82) is 0 Å². The van der Waals surface area contributed by atoms with Gasteiger partial charge in [0.2, 0.25) is 5.91 Å². The lowest BCUT2D eigenvalue weighted by Gasteiger charge is -2.11. The monoisotopic (exact) mass is 301 g/mol. The van der Waals surface area contributed by atoms with Crippen LogP contribution in [0.25, 0.3) is 0 Å². The van der Waals surface area contributed by atoms with E-state index >= 15 is 0 Å². The molecule has 4 nitrogen and oxygen atoms in total. The van der Waals surface area contributed by atoms with Crippen LogP contribution in [0.3, 0.4) is 0 Å². The first kappa shape index (κ1) is 15.7. The van der Waals surface area contributed by atoms with Gasteiger partial charge in [0.25, 0.3) is 0 Å². The van der Waals surface area contributed by atoms with E-state index in [2.05, 4.69) is 5.32 Å². The van der Waals surface area contributed by atoms with Crippen LogP contribution in [-0.4, -0.2) is 17.0 Å². The van der Waals surface area contributed by atoms with Crippen LogP contribution in [0, 0.1) is 19.7 Å². The molecule has 0 aromatic heterocycles.